The normalized spacial score (nSPS) is 11.9. The van der Waals surface area contributed by atoms with Crippen LogP contribution in [0.4, 0.5) is 5.69 Å². The first-order valence-electron chi connectivity index (χ1n) is 8.02. The van der Waals surface area contributed by atoms with Gasteiger partial charge in [0.15, 0.2) is 11.5 Å². The zero-order valence-corrected chi connectivity index (χ0v) is 14.2. The van der Waals surface area contributed by atoms with Crippen LogP contribution < -0.4 is 14.8 Å². The largest absolute Gasteiger partial charge is 0.454 e. The average molecular weight is 340 g/mol. The molecular weight excluding hydrogens is 320 g/mol. The zero-order chi connectivity index (χ0) is 17.8. The number of nitrogens with zero attached hydrogens (tertiary/aromatic N) is 1. The molecule has 0 atom stereocenters. The molecule has 0 aliphatic carbocycles. The minimum absolute atomic E-state index is 0.0162. The molecule has 0 radical (unpaired) electrons. The van der Waals surface area contributed by atoms with Gasteiger partial charge >= 0.3 is 0 Å². The van der Waals surface area contributed by atoms with Crippen molar-refractivity contribution in [3.8, 4) is 11.5 Å². The first-order valence-corrected chi connectivity index (χ1v) is 8.02. The predicted molar refractivity (Wildman–Crippen MR) is 93.5 cm³/mol. The van der Waals surface area contributed by atoms with E-state index in [4.69, 9.17) is 9.47 Å². The van der Waals surface area contributed by atoms with Crippen molar-refractivity contribution in [1.82, 2.24) is 4.90 Å². The zero-order valence-electron chi connectivity index (χ0n) is 14.2. The standard InChI is InChI=1S/C19H20N2O4/c1-13-4-3-5-15(8-13)10-21(14(2)22)11-19(23)20-16-6-7-17-18(9-16)25-12-24-17/h3-9H,10-12H2,1-2H3,(H,20,23). The Hall–Kier alpha value is -3.02. The highest BCUT2D eigenvalue weighted by Crippen LogP contribution is 2.34. The molecule has 1 aliphatic heterocycles. The quantitative estimate of drug-likeness (QED) is 0.909. The van der Waals surface area contributed by atoms with E-state index in [2.05, 4.69) is 5.32 Å². The Morgan fingerprint density at radius 3 is 2.68 bits per heavy atom. The molecule has 2 aromatic rings. The predicted octanol–water partition coefficient (Wildman–Crippen LogP) is 2.71. The summed E-state index contributed by atoms with van der Waals surface area (Å²) in [6.07, 6.45) is 0. The van der Waals surface area contributed by atoms with Crippen LogP contribution in [0.2, 0.25) is 0 Å². The van der Waals surface area contributed by atoms with Crippen LogP contribution in [0, 0.1) is 6.92 Å². The Labute approximate surface area is 146 Å². The van der Waals surface area contributed by atoms with E-state index in [1.165, 1.54) is 11.8 Å². The smallest absolute Gasteiger partial charge is 0.244 e. The number of nitrogens with one attached hydrogen (secondary N) is 1. The number of rotatable bonds is 5. The van der Waals surface area contributed by atoms with E-state index in [9.17, 15) is 9.59 Å². The van der Waals surface area contributed by atoms with E-state index < -0.39 is 0 Å². The number of hydrogen-bond donors (Lipinski definition) is 1. The summed E-state index contributed by atoms with van der Waals surface area (Å²) in [7, 11) is 0. The van der Waals surface area contributed by atoms with Gasteiger partial charge in [-0.15, -0.1) is 0 Å². The maximum Gasteiger partial charge on any atom is 0.244 e. The lowest BCUT2D eigenvalue weighted by atomic mass is 10.1. The summed E-state index contributed by atoms with van der Waals surface area (Å²) in [4.78, 5) is 25.7. The molecule has 0 saturated carbocycles. The van der Waals surface area contributed by atoms with Crippen molar-refractivity contribution in [3.63, 3.8) is 0 Å². The van der Waals surface area contributed by atoms with Crippen molar-refractivity contribution in [3.05, 3.63) is 53.6 Å². The molecule has 6 heteroatoms. The summed E-state index contributed by atoms with van der Waals surface area (Å²) in [5.74, 6) is 0.841. The lowest BCUT2D eigenvalue weighted by Crippen LogP contribution is -2.36. The molecular formula is C19H20N2O4. The van der Waals surface area contributed by atoms with Crippen molar-refractivity contribution in [2.75, 3.05) is 18.7 Å². The summed E-state index contributed by atoms with van der Waals surface area (Å²) in [6, 6.07) is 13.1. The fourth-order valence-corrected chi connectivity index (χ4v) is 2.66. The number of carbonyl (C=O) groups is 2. The lowest BCUT2D eigenvalue weighted by molar-refractivity contribution is -0.133. The molecule has 0 fully saturated rings. The Morgan fingerprint density at radius 1 is 1.12 bits per heavy atom. The molecule has 130 valence electrons. The van der Waals surface area contributed by atoms with Crippen LogP contribution in [0.1, 0.15) is 18.1 Å². The highest BCUT2D eigenvalue weighted by atomic mass is 16.7. The highest BCUT2D eigenvalue weighted by Gasteiger charge is 2.17. The summed E-state index contributed by atoms with van der Waals surface area (Å²) in [5, 5.41) is 2.79. The van der Waals surface area contributed by atoms with Crippen molar-refractivity contribution in [2.45, 2.75) is 20.4 Å². The number of carbonyl (C=O) groups excluding carboxylic acids is 2. The van der Waals surface area contributed by atoms with Crippen molar-refractivity contribution in [1.29, 1.82) is 0 Å². The number of hydrogen-bond acceptors (Lipinski definition) is 4. The van der Waals surface area contributed by atoms with E-state index in [0.29, 0.717) is 23.7 Å². The van der Waals surface area contributed by atoms with Crippen LogP contribution in [0.5, 0.6) is 11.5 Å². The number of benzene rings is 2. The maximum atomic E-state index is 12.3. The van der Waals surface area contributed by atoms with E-state index >= 15 is 0 Å². The van der Waals surface area contributed by atoms with Gasteiger partial charge in [0.1, 0.15) is 6.54 Å². The second-order valence-corrected chi connectivity index (χ2v) is 5.98. The fraction of sp³-hybridized carbons (Fsp3) is 0.263. The van der Waals surface area contributed by atoms with Crippen LogP contribution in [0.15, 0.2) is 42.5 Å². The number of aryl methyl sites for hydroxylation is 1. The molecule has 2 aromatic carbocycles. The molecule has 1 aliphatic rings. The number of amides is 2. The SMILES string of the molecule is CC(=O)N(CC(=O)Nc1ccc2c(c1)OCO2)Cc1cccc(C)c1. The third kappa shape index (κ3) is 4.29. The molecule has 1 heterocycles. The van der Waals surface area contributed by atoms with Crippen molar-refractivity contribution < 1.29 is 19.1 Å². The molecule has 2 amide bonds. The number of fused-ring (bicyclic) bond motifs is 1. The summed E-state index contributed by atoms with van der Waals surface area (Å²) in [6.45, 7) is 4.02. The van der Waals surface area contributed by atoms with Gasteiger partial charge in [-0.25, -0.2) is 0 Å². The average Bonchev–Trinajstić information content (AvgIpc) is 3.02. The Kier molecular flexibility index (Phi) is 4.88. The summed E-state index contributed by atoms with van der Waals surface area (Å²) < 4.78 is 10.5. The van der Waals surface area contributed by atoms with Crippen molar-refractivity contribution in [2.24, 2.45) is 0 Å². The molecule has 1 N–H and O–H groups in total. The third-order valence-electron chi connectivity index (χ3n) is 3.89. The molecule has 25 heavy (non-hydrogen) atoms. The minimum atomic E-state index is -0.262. The second kappa shape index (κ2) is 7.25. The number of ether oxygens (including phenoxy) is 2. The van der Waals surface area contributed by atoms with Gasteiger partial charge in [0.25, 0.3) is 0 Å². The second-order valence-electron chi connectivity index (χ2n) is 5.98. The molecule has 0 spiro atoms. The molecule has 0 unspecified atom stereocenters. The van der Waals surface area contributed by atoms with Gasteiger partial charge in [0, 0.05) is 25.2 Å². The van der Waals surface area contributed by atoms with Crippen LogP contribution in [0.3, 0.4) is 0 Å². The van der Waals surface area contributed by atoms with Gasteiger partial charge in [0.2, 0.25) is 18.6 Å². The molecule has 6 nitrogen and oxygen atoms in total. The van der Waals surface area contributed by atoms with E-state index in [0.717, 1.165) is 11.1 Å². The number of anilines is 1. The van der Waals surface area contributed by atoms with E-state index in [1.807, 2.05) is 31.2 Å². The third-order valence-corrected chi connectivity index (χ3v) is 3.89. The van der Waals surface area contributed by atoms with Crippen LogP contribution >= 0.6 is 0 Å². The summed E-state index contributed by atoms with van der Waals surface area (Å²) in [5.41, 5.74) is 2.71. The molecule has 0 bridgehead atoms. The van der Waals surface area contributed by atoms with Gasteiger partial charge < -0.3 is 19.7 Å². The first-order chi connectivity index (χ1) is 12.0. The molecule has 3 rings (SSSR count). The van der Waals surface area contributed by atoms with Gasteiger partial charge in [0.05, 0.1) is 0 Å². The Balaban J connectivity index is 1.63. The minimum Gasteiger partial charge on any atom is -0.454 e. The van der Waals surface area contributed by atoms with Gasteiger partial charge in [-0.1, -0.05) is 29.8 Å². The Morgan fingerprint density at radius 2 is 1.92 bits per heavy atom. The summed E-state index contributed by atoms with van der Waals surface area (Å²) >= 11 is 0. The fourth-order valence-electron chi connectivity index (χ4n) is 2.66. The van der Waals surface area contributed by atoms with Gasteiger partial charge in [-0.2, -0.15) is 0 Å². The first kappa shape index (κ1) is 16.8. The molecule has 0 saturated heterocycles. The van der Waals surface area contributed by atoms with Crippen LogP contribution in [-0.4, -0.2) is 30.1 Å². The van der Waals surface area contributed by atoms with Gasteiger partial charge in [-0.3, -0.25) is 9.59 Å². The lowest BCUT2D eigenvalue weighted by Gasteiger charge is -2.21. The van der Waals surface area contributed by atoms with E-state index in [-0.39, 0.29) is 25.2 Å². The Bertz CT molecular complexity index is 804. The van der Waals surface area contributed by atoms with Crippen LogP contribution in [-0.2, 0) is 16.1 Å². The maximum absolute atomic E-state index is 12.3. The topological polar surface area (TPSA) is 67.9 Å². The van der Waals surface area contributed by atoms with Crippen molar-refractivity contribution >= 4 is 17.5 Å². The van der Waals surface area contributed by atoms with Crippen LogP contribution in [0.25, 0.3) is 0 Å². The monoisotopic (exact) mass is 340 g/mol. The van der Waals surface area contributed by atoms with Gasteiger partial charge in [-0.05, 0) is 24.6 Å². The van der Waals surface area contributed by atoms with E-state index in [1.54, 1.807) is 18.2 Å². The molecule has 0 aromatic heterocycles. The highest BCUT2D eigenvalue weighted by molar-refractivity contribution is 5.94.